The van der Waals surface area contributed by atoms with E-state index in [0.717, 1.165) is 11.4 Å². The number of benzene rings is 1. The minimum Gasteiger partial charge on any atom is -0.354 e. The van der Waals surface area contributed by atoms with Crippen LogP contribution < -0.4 is 15.5 Å². The minimum absolute atomic E-state index is 0.251. The van der Waals surface area contributed by atoms with Crippen LogP contribution >= 0.6 is 0 Å². The fraction of sp³-hybridized carbons (Fsp3) is 0.381. The predicted molar refractivity (Wildman–Crippen MR) is 109 cm³/mol. The van der Waals surface area contributed by atoms with E-state index in [0.29, 0.717) is 39.1 Å². The summed E-state index contributed by atoms with van der Waals surface area (Å²) in [6.07, 6.45) is 2.28. The van der Waals surface area contributed by atoms with Crippen LogP contribution in [0.3, 0.4) is 0 Å². The number of rotatable bonds is 6. The standard InChI is InChI=1S/C21H26FN5O2/c1-16(20(28)24-10-8-17-5-4-6-18(22)15-17)25-21(29)27-13-11-26(12-14-27)19-7-2-3-9-23-19/h2-7,9,15-16H,8,10-14H2,1H3,(H,24,28)(H,25,29)/t16-/m0/s1. The average molecular weight is 399 g/mol. The molecule has 29 heavy (non-hydrogen) atoms. The van der Waals surface area contributed by atoms with Crippen molar-refractivity contribution in [3.63, 3.8) is 0 Å². The van der Waals surface area contributed by atoms with Gasteiger partial charge < -0.3 is 20.4 Å². The summed E-state index contributed by atoms with van der Waals surface area (Å²) in [7, 11) is 0. The number of pyridine rings is 1. The summed E-state index contributed by atoms with van der Waals surface area (Å²) >= 11 is 0. The van der Waals surface area contributed by atoms with E-state index in [9.17, 15) is 14.0 Å². The topological polar surface area (TPSA) is 77.6 Å². The molecule has 0 aliphatic carbocycles. The van der Waals surface area contributed by atoms with Gasteiger partial charge in [-0.05, 0) is 43.2 Å². The highest BCUT2D eigenvalue weighted by Crippen LogP contribution is 2.12. The third kappa shape index (κ3) is 5.91. The first-order valence-corrected chi connectivity index (χ1v) is 9.76. The van der Waals surface area contributed by atoms with Crippen molar-refractivity contribution in [2.24, 2.45) is 0 Å². The number of carbonyl (C=O) groups excluding carboxylic acids is 2. The Hall–Kier alpha value is -3.16. The molecule has 1 aliphatic heterocycles. The normalized spacial score (nSPS) is 15.0. The Morgan fingerprint density at radius 3 is 2.62 bits per heavy atom. The van der Waals surface area contributed by atoms with E-state index in [1.807, 2.05) is 24.3 Å². The Morgan fingerprint density at radius 1 is 1.14 bits per heavy atom. The molecule has 2 heterocycles. The van der Waals surface area contributed by atoms with Crippen molar-refractivity contribution in [1.29, 1.82) is 0 Å². The van der Waals surface area contributed by atoms with E-state index in [1.165, 1.54) is 12.1 Å². The van der Waals surface area contributed by atoms with E-state index in [2.05, 4.69) is 20.5 Å². The molecule has 1 saturated heterocycles. The summed E-state index contributed by atoms with van der Waals surface area (Å²) in [5, 5.41) is 5.52. The zero-order valence-corrected chi connectivity index (χ0v) is 16.5. The van der Waals surface area contributed by atoms with E-state index >= 15 is 0 Å². The number of anilines is 1. The highest BCUT2D eigenvalue weighted by Gasteiger charge is 2.24. The van der Waals surface area contributed by atoms with Crippen LogP contribution in [-0.4, -0.2) is 60.6 Å². The fourth-order valence-corrected chi connectivity index (χ4v) is 3.20. The molecule has 0 spiro atoms. The number of hydrogen-bond acceptors (Lipinski definition) is 4. The predicted octanol–water partition coefficient (Wildman–Crippen LogP) is 1.80. The van der Waals surface area contributed by atoms with Crippen molar-refractivity contribution < 1.29 is 14.0 Å². The lowest BCUT2D eigenvalue weighted by atomic mass is 10.1. The maximum Gasteiger partial charge on any atom is 0.318 e. The molecule has 1 aromatic heterocycles. The third-order valence-corrected chi connectivity index (χ3v) is 4.88. The SMILES string of the molecule is C[C@H](NC(=O)N1CCN(c2ccccn2)CC1)C(=O)NCCc1cccc(F)c1. The maximum absolute atomic E-state index is 13.2. The number of nitrogens with one attached hydrogen (secondary N) is 2. The fourth-order valence-electron chi connectivity index (χ4n) is 3.20. The second-order valence-corrected chi connectivity index (χ2v) is 7.00. The molecule has 8 heteroatoms. The summed E-state index contributed by atoms with van der Waals surface area (Å²) in [5.74, 6) is 0.345. The van der Waals surface area contributed by atoms with Crippen LogP contribution in [0.25, 0.3) is 0 Å². The van der Waals surface area contributed by atoms with Crippen molar-refractivity contribution in [3.8, 4) is 0 Å². The average Bonchev–Trinajstić information content (AvgIpc) is 2.74. The molecule has 1 aromatic carbocycles. The number of amides is 3. The van der Waals surface area contributed by atoms with Crippen LogP contribution in [0.1, 0.15) is 12.5 Å². The molecule has 0 bridgehead atoms. The Bertz CT molecular complexity index is 825. The molecule has 0 radical (unpaired) electrons. The molecular weight excluding hydrogens is 373 g/mol. The highest BCUT2D eigenvalue weighted by molar-refractivity contribution is 5.86. The second kappa shape index (κ2) is 9.86. The maximum atomic E-state index is 13.2. The smallest absolute Gasteiger partial charge is 0.318 e. The number of urea groups is 1. The van der Waals surface area contributed by atoms with E-state index in [-0.39, 0.29) is 17.8 Å². The summed E-state index contributed by atoms with van der Waals surface area (Å²) in [5.41, 5.74) is 0.813. The zero-order chi connectivity index (χ0) is 20.6. The quantitative estimate of drug-likeness (QED) is 0.777. The molecule has 1 aliphatic rings. The van der Waals surface area contributed by atoms with Crippen LogP contribution in [-0.2, 0) is 11.2 Å². The molecule has 1 atom stereocenters. The van der Waals surface area contributed by atoms with Gasteiger partial charge in [-0.15, -0.1) is 0 Å². The molecular formula is C21H26FN5O2. The summed E-state index contributed by atoms with van der Waals surface area (Å²) in [6, 6.07) is 11.1. The van der Waals surface area contributed by atoms with Gasteiger partial charge in [-0.1, -0.05) is 18.2 Å². The number of piperazine rings is 1. The Kier molecular flexibility index (Phi) is 6.99. The highest BCUT2D eigenvalue weighted by atomic mass is 19.1. The number of carbonyl (C=O) groups is 2. The second-order valence-electron chi connectivity index (χ2n) is 7.00. The Labute approximate surface area is 169 Å². The first-order chi connectivity index (χ1) is 14.0. The molecule has 2 aromatic rings. The van der Waals surface area contributed by atoms with Crippen molar-refractivity contribution in [2.45, 2.75) is 19.4 Å². The first-order valence-electron chi connectivity index (χ1n) is 9.76. The number of aromatic nitrogens is 1. The monoisotopic (exact) mass is 399 g/mol. The van der Waals surface area contributed by atoms with Crippen LogP contribution in [0.5, 0.6) is 0 Å². The van der Waals surface area contributed by atoms with Crippen molar-refractivity contribution in [3.05, 3.63) is 60.0 Å². The van der Waals surface area contributed by atoms with E-state index in [4.69, 9.17) is 0 Å². The molecule has 154 valence electrons. The van der Waals surface area contributed by atoms with Gasteiger partial charge in [0.1, 0.15) is 17.7 Å². The van der Waals surface area contributed by atoms with Gasteiger partial charge in [-0.25, -0.2) is 14.2 Å². The molecule has 3 amide bonds. The lowest BCUT2D eigenvalue weighted by Gasteiger charge is -2.35. The van der Waals surface area contributed by atoms with Crippen LogP contribution in [0.2, 0.25) is 0 Å². The van der Waals surface area contributed by atoms with Crippen LogP contribution in [0.15, 0.2) is 48.7 Å². The van der Waals surface area contributed by atoms with Gasteiger partial charge in [0.05, 0.1) is 0 Å². The van der Waals surface area contributed by atoms with Gasteiger partial charge in [0.25, 0.3) is 0 Å². The number of hydrogen-bond donors (Lipinski definition) is 2. The van der Waals surface area contributed by atoms with Gasteiger partial charge in [0.2, 0.25) is 5.91 Å². The lowest BCUT2D eigenvalue weighted by Crippen LogP contribution is -2.55. The van der Waals surface area contributed by atoms with Gasteiger partial charge in [-0.2, -0.15) is 0 Å². The Balaban J connectivity index is 1.39. The third-order valence-electron chi connectivity index (χ3n) is 4.88. The molecule has 0 unspecified atom stereocenters. The van der Waals surface area contributed by atoms with Gasteiger partial charge >= 0.3 is 6.03 Å². The van der Waals surface area contributed by atoms with Gasteiger partial charge in [0.15, 0.2) is 0 Å². The van der Waals surface area contributed by atoms with Crippen molar-refractivity contribution in [2.75, 3.05) is 37.6 Å². The summed E-state index contributed by atoms with van der Waals surface area (Å²) < 4.78 is 13.2. The van der Waals surface area contributed by atoms with Crippen LogP contribution in [0.4, 0.5) is 15.0 Å². The minimum atomic E-state index is -0.649. The molecule has 7 nitrogen and oxygen atoms in total. The van der Waals surface area contributed by atoms with E-state index in [1.54, 1.807) is 24.1 Å². The van der Waals surface area contributed by atoms with Gasteiger partial charge in [-0.3, -0.25) is 4.79 Å². The molecule has 3 rings (SSSR count). The molecule has 0 saturated carbocycles. The first kappa shape index (κ1) is 20.6. The zero-order valence-electron chi connectivity index (χ0n) is 16.5. The van der Waals surface area contributed by atoms with Crippen molar-refractivity contribution in [1.82, 2.24) is 20.5 Å². The lowest BCUT2D eigenvalue weighted by molar-refractivity contribution is -0.122. The number of nitrogens with zero attached hydrogens (tertiary/aromatic N) is 3. The van der Waals surface area contributed by atoms with E-state index < -0.39 is 6.04 Å². The Morgan fingerprint density at radius 2 is 1.93 bits per heavy atom. The molecule has 1 fully saturated rings. The van der Waals surface area contributed by atoms with Gasteiger partial charge in [0, 0.05) is 38.9 Å². The summed E-state index contributed by atoms with van der Waals surface area (Å²) in [6.45, 7) is 4.55. The molecule has 2 N–H and O–H groups in total. The summed E-state index contributed by atoms with van der Waals surface area (Å²) in [4.78, 5) is 32.8. The largest absolute Gasteiger partial charge is 0.354 e. The van der Waals surface area contributed by atoms with Crippen molar-refractivity contribution >= 4 is 17.8 Å². The number of halogens is 1. The van der Waals surface area contributed by atoms with Crippen LogP contribution in [0, 0.1) is 5.82 Å².